The van der Waals surface area contributed by atoms with Crippen LogP contribution in [0.5, 0.6) is 5.75 Å². The number of hydrogen-bond donors (Lipinski definition) is 2. The van der Waals surface area contributed by atoms with Gasteiger partial charge in [0.25, 0.3) is 0 Å². The number of halogens is 2. The summed E-state index contributed by atoms with van der Waals surface area (Å²) in [5.74, 6) is 0.798. The van der Waals surface area contributed by atoms with E-state index in [0.29, 0.717) is 21.5 Å². The van der Waals surface area contributed by atoms with Crippen molar-refractivity contribution < 1.29 is 5.11 Å². The third-order valence-corrected chi connectivity index (χ3v) is 3.26. The second-order valence-electron chi connectivity index (χ2n) is 4.11. The van der Waals surface area contributed by atoms with Gasteiger partial charge in [-0.15, -0.1) is 0 Å². The van der Waals surface area contributed by atoms with E-state index < -0.39 is 0 Å². The highest BCUT2D eigenvalue weighted by Gasteiger charge is 2.26. The van der Waals surface area contributed by atoms with E-state index in [9.17, 15) is 5.11 Å². The molecule has 1 aromatic rings. The van der Waals surface area contributed by atoms with E-state index in [0.717, 1.165) is 6.42 Å². The standard InChI is InChI=1S/C11H13Cl2NO/c12-7-4-8(13)11(10(15)5-7)9(14)3-6-1-2-6/h4-6,9,15H,1-3,14H2/t9-/m1/s1. The zero-order valence-electron chi connectivity index (χ0n) is 8.21. The minimum atomic E-state index is -0.192. The molecule has 3 N–H and O–H groups in total. The number of rotatable bonds is 3. The molecule has 1 fully saturated rings. The minimum absolute atomic E-state index is 0.0978. The first kappa shape index (κ1) is 11.1. The van der Waals surface area contributed by atoms with Crippen molar-refractivity contribution in [3.8, 4) is 5.75 Å². The number of phenols is 1. The average Bonchev–Trinajstić information content (AvgIpc) is 2.85. The van der Waals surface area contributed by atoms with E-state index >= 15 is 0 Å². The molecule has 0 unspecified atom stereocenters. The van der Waals surface area contributed by atoms with E-state index in [-0.39, 0.29) is 11.8 Å². The van der Waals surface area contributed by atoms with Crippen molar-refractivity contribution in [3.63, 3.8) is 0 Å². The van der Waals surface area contributed by atoms with Gasteiger partial charge < -0.3 is 10.8 Å². The Kier molecular flexibility index (Phi) is 3.10. The van der Waals surface area contributed by atoms with E-state index in [1.807, 2.05) is 0 Å². The van der Waals surface area contributed by atoms with Crippen LogP contribution in [0.3, 0.4) is 0 Å². The van der Waals surface area contributed by atoms with Crippen LogP contribution < -0.4 is 5.73 Å². The maximum atomic E-state index is 9.73. The summed E-state index contributed by atoms with van der Waals surface area (Å²) in [5.41, 5.74) is 6.62. The predicted molar refractivity (Wildman–Crippen MR) is 62.4 cm³/mol. The zero-order valence-corrected chi connectivity index (χ0v) is 9.72. The Labute approximate surface area is 99.0 Å². The van der Waals surface area contributed by atoms with Gasteiger partial charge in [-0.3, -0.25) is 0 Å². The molecule has 0 heterocycles. The number of benzene rings is 1. The molecule has 1 aliphatic rings. The fraction of sp³-hybridized carbons (Fsp3) is 0.455. The Hall–Kier alpha value is -0.440. The minimum Gasteiger partial charge on any atom is -0.508 e. The molecule has 2 rings (SSSR count). The van der Waals surface area contributed by atoms with E-state index in [1.165, 1.54) is 18.9 Å². The zero-order chi connectivity index (χ0) is 11.0. The van der Waals surface area contributed by atoms with E-state index in [2.05, 4.69) is 0 Å². The summed E-state index contributed by atoms with van der Waals surface area (Å²) in [6.45, 7) is 0. The normalized spacial score (nSPS) is 17.8. The highest BCUT2D eigenvalue weighted by Crippen LogP contribution is 2.41. The van der Waals surface area contributed by atoms with Crippen LogP contribution in [0, 0.1) is 5.92 Å². The molecule has 0 saturated heterocycles. The lowest BCUT2D eigenvalue weighted by Gasteiger charge is -2.15. The molecule has 1 saturated carbocycles. The van der Waals surface area contributed by atoms with Crippen LogP contribution in [0.15, 0.2) is 12.1 Å². The van der Waals surface area contributed by atoms with E-state index in [4.69, 9.17) is 28.9 Å². The summed E-state index contributed by atoms with van der Waals surface area (Å²) in [6.07, 6.45) is 3.36. The molecule has 0 aliphatic heterocycles. The van der Waals surface area contributed by atoms with Crippen LogP contribution in [-0.4, -0.2) is 5.11 Å². The molecule has 0 bridgehead atoms. The number of phenolic OH excluding ortho intramolecular Hbond substituents is 1. The van der Waals surface area contributed by atoms with Crippen LogP contribution in [-0.2, 0) is 0 Å². The summed E-state index contributed by atoms with van der Waals surface area (Å²) >= 11 is 11.8. The SMILES string of the molecule is N[C@H](CC1CC1)c1c(O)cc(Cl)cc1Cl. The van der Waals surface area contributed by atoms with Crippen LogP contribution in [0.25, 0.3) is 0 Å². The first-order valence-corrected chi connectivity index (χ1v) is 5.77. The lowest BCUT2D eigenvalue weighted by Crippen LogP contribution is -2.11. The summed E-state index contributed by atoms with van der Waals surface area (Å²) in [7, 11) is 0. The van der Waals surface area contributed by atoms with Crippen molar-refractivity contribution in [1.82, 2.24) is 0 Å². The highest BCUT2D eigenvalue weighted by atomic mass is 35.5. The van der Waals surface area contributed by atoms with Gasteiger partial charge in [0.1, 0.15) is 5.75 Å². The molecule has 2 nitrogen and oxygen atoms in total. The Balaban J connectivity index is 2.24. The molecule has 4 heteroatoms. The highest BCUT2D eigenvalue weighted by molar-refractivity contribution is 6.35. The summed E-state index contributed by atoms with van der Waals surface area (Å²) in [4.78, 5) is 0. The molecule has 0 amide bonds. The fourth-order valence-corrected chi connectivity index (χ4v) is 2.39. The second kappa shape index (κ2) is 4.20. The molecular formula is C11H13Cl2NO. The molecule has 1 aliphatic carbocycles. The number of nitrogens with two attached hydrogens (primary N) is 1. The van der Waals surface area contributed by atoms with Gasteiger partial charge in [-0.25, -0.2) is 0 Å². The van der Waals surface area contributed by atoms with Crippen molar-refractivity contribution >= 4 is 23.2 Å². The fourth-order valence-electron chi connectivity index (χ4n) is 1.77. The number of aromatic hydroxyl groups is 1. The Bertz CT molecular complexity index is 354. The van der Waals surface area contributed by atoms with Crippen LogP contribution in [0.1, 0.15) is 30.9 Å². The molecule has 0 spiro atoms. The number of hydrogen-bond acceptors (Lipinski definition) is 2. The first-order chi connectivity index (χ1) is 7.08. The van der Waals surface area contributed by atoms with Crippen molar-refractivity contribution in [2.24, 2.45) is 11.7 Å². The molecule has 1 atom stereocenters. The molecule has 15 heavy (non-hydrogen) atoms. The van der Waals surface area contributed by atoms with Crippen molar-refractivity contribution in [2.75, 3.05) is 0 Å². The van der Waals surface area contributed by atoms with Crippen LogP contribution in [0.2, 0.25) is 10.0 Å². The smallest absolute Gasteiger partial charge is 0.123 e. The summed E-state index contributed by atoms with van der Waals surface area (Å²) in [5, 5.41) is 10.6. The predicted octanol–water partition coefficient (Wildman–Crippen LogP) is 3.50. The molecule has 1 aromatic carbocycles. The molecular weight excluding hydrogens is 233 g/mol. The maximum Gasteiger partial charge on any atom is 0.123 e. The van der Waals surface area contributed by atoms with Gasteiger partial charge in [0.15, 0.2) is 0 Å². The largest absolute Gasteiger partial charge is 0.508 e. The molecule has 82 valence electrons. The van der Waals surface area contributed by atoms with Gasteiger partial charge in [-0.2, -0.15) is 0 Å². The van der Waals surface area contributed by atoms with Crippen molar-refractivity contribution in [1.29, 1.82) is 0 Å². The lowest BCUT2D eigenvalue weighted by atomic mass is 10.0. The Morgan fingerprint density at radius 3 is 2.60 bits per heavy atom. The quantitative estimate of drug-likeness (QED) is 0.857. The monoisotopic (exact) mass is 245 g/mol. The average molecular weight is 246 g/mol. The van der Waals surface area contributed by atoms with Gasteiger partial charge in [0.05, 0.1) is 5.02 Å². The molecule has 0 radical (unpaired) electrons. The van der Waals surface area contributed by atoms with Gasteiger partial charge in [-0.1, -0.05) is 36.0 Å². The maximum absolute atomic E-state index is 9.73. The van der Waals surface area contributed by atoms with Crippen LogP contribution in [0.4, 0.5) is 0 Å². The van der Waals surface area contributed by atoms with Gasteiger partial charge in [-0.05, 0) is 24.5 Å². The third-order valence-electron chi connectivity index (χ3n) is 2.73. The first-order valence-electron chi connectivity index (χ1n) is 5.01. The van der Waals surface area contributed by atoms with Gasteiger partial charge in [0, 0.05) is 16.6 Å². The van der Waals surface area contributed by atoms with Gasteiger partial charge >= 0.3 is 0 Å². The van der Waals surface area contributed by atoms with E-state index in [1.54, 1.807) is 6.07 Å². The second-order valence-corrected chi connectivity index (χ2v) is 4.95. The van der Waals surface area contributed by atoms with Gasteiger partial charge in [0.2, 0.25) is 0 Å². The van der Waals surface area contributed by atoms with Crippen molar-refractivity contribution in [2.45, 2.75) is 25.3 Å². The summed E-state index contributed by atoms with van der Waals surface area (Å²) < 4.78 is 0. The molecule has 0 aromatic heterocycles. The van der Waals surface area contributed by atoms with Crippen molar-refractivity contribution in [3.05, 3.63) is 27.7 Å². The van der Waals surface area contributed by atoms with Crippen LogP contribution >= 0.6 is 23.2 Å². The lowest BCUT2D eigenvalue weighted by molar-refractivity contribution is 0.455. The Morgan fingerprint density at radius 2 is 2.07 bits per heavy atom. The third kappa shape index (κ3) is 2.57. The Morgan fingerprint density at radius 1 is 1.40 bits per heavy atom. The topological polar surface area (TPSA) is 46.2 Å². The summed E-state index contributed by atoms with van der Waals surface area (Å²) in [6, 6.07) is 2.91.